The van der Waals surface area contributed by atoms with Gasteiger partial charge in [-0.1, -0.05) is 24.9 Å². The fourth-order valence-corrected chi connectivity index (χ4v) is 4.44. The second kappa shape index (κ2) is 4.35. The van der Waals surface area contributed by atoms with E-state index in [2.05, 4.69) is 4.98 Å². The van der Waals surface area contributed by atoms with Crippen LogP contribution < -0.4 is 4.31 Å². The monoisotopic (exact) mass is 296 g/mol. The fraction of sp³-hybridized carbons (Fsp3) is 0.308. The summed E-state index contributed by atoms with van der Waals surface area (Å²) >= 11 is 6.20. The van der Waals surface area contributed by atoms with E-state index in [-0.39, 0.29) is 0 Å². The van der Waals surface area contributed by atoms with E-state index in [0.717, 1.165) is 12.8 Å². The average Bonchev–Trinajstić information content (AvgIpc) is 2.62. The molecule has 2 aromatic rings. The summed E-state index contributed by atoms with van der Waals surface area (Å²) in [5, 5.41) is 1.10. The second-order valence-electron chi connectivity index (χ2n) is 4.53. The molecule has 100 valence electrons. The van der Waals surface area contributed by atoms with Crippen molar-refractivity contribution in [1.82, 2.24) is 4.98 Å². The van der Waals surface area contributed by atoms with Gasteiger partial charge in [-0.3, -0.25) is 9.29 Å². The smallest absolute Gasteiger partial charge is 0.264 e. The highest BCUT2D eigenvalue weighted by molar-refractivity contribution is 7.93. The molecule has 19 heavy (non-hydrogen) atoms. The molecule has 3 rings (SSSR count). The van der Waals surface area contributed by atoms with E-state index >= 15 is 0 Å². The highest BCUT2D eigenvalue weighted by atomic mass is 35.5. The van der Waals surface area contributed by atoms with Gasteiger partial charge in [0.05, 0.1) is 16.2 Å². The number of unbranched alkanes of at least 4 members (excludes halogenated alkanes) is 1. The van der Waals surface area contributed by atoms with Gasteiger partial charge in [-0.05, 0) is 24.6 Å². The summed E-state index contributed by atoms with van der Waals surface area (Å²) in [5.41, 5.74) is 1.25. The summed E-state index contributed by atoms with van der Waals surface area (Å²) in [6, 6.07) is 5.00. The summed E-state index contributed by atoms with van der Waals surface area (Å²) in [5.74, 6) is 0. The third kappa shape index (κ3) is 1.72. The van der Waals surface area contributed by atoms with Gasteiger partial charge in [0.15, 0.2) is 0 Å². The summed E-state index contributed by atoms with van der Waals surface area (Å²) in [6.07, 6.45) is 3.25. The van der Waals surface area contributed by atoms with Crippen LogP contribution >= 0.6 is 11.6 Å². The molecule has 1 aromatic heterocycles. The topological polar surface area (TPSA) is 50.3 Å². The fourth-order valence-electron chi connectivity index (χ4n) is 2.41. The van der Waals surface area contributed by atoms with E-state index in [1.165, 1.54) is 10.5 Å². The summed E-state index contributed by atoms with van der Waals surface area (Å²) in [6.45, 7) is 2.48. The lowest BCUT2D eigenvalue weighted by Crippen LogP contribution is -2.28. The maximum atomic E-state index is 12.6. The third-order valence-corrected chi connectivity index (χ3v) is 5.47. The van der Waals surface area contributed by atoms with Crippen molar-refractivity contribution in [2.75, 3.05) is 10.8 Å². The molecule has 0 saturated heterocycles. The van der Waals surface area contributed by atoms with Crippen molar-refractivity contribution in [2.45, 2.75) is 24.7 Å². The number of hydrogen-bond donors (Lipinski definition) is 0. The molecule has 0 amide bonds. The molecule has 1 aromatic carbocycles. The molecule has 0 N–H and O–H groups in total. The molecule has 6 heteroatoms. The van der Waals surface area contributed by atoms with Crippen LogP contribution in [-0.4, -0.2) is 19.9 Å². The molecule has 4 nitrogen and oxygen atoms in total. The SMILES string of the molecule is CCCCN1c2c(Cl)ccc3nccc(c23)S1(=O)=O. The molecule has 0 bridgehead atoms. The van der Waals surface area contributed by atoms with Gasteiger partial charge in [0.1, 0.15) is 4.90 Å². The van der Waals surface area contributed by atoms with Gasteiger partial charge in [0, 0.05) is 18.1 Å². The Hall–Kier alpha value is -1.33. The zero-order valence-corrected chi connectivity index (χ0v) is 12.0. The van der Waals surface area contributed by atoms with E-state index in [0.29, 0.717) is 33.1 Å². The van der Waals surface area contributed by atoms with Crippen LogP contribution in [0.5, 0.6) is 0 Å². The number of halogens is 1. The number of anilines is 1. The first kappa shape index (κ1) is 12.7. The van der Waals surface area contributed by atoms with Gasteiger partial charge in [0.2, 0.25) is 0 Å². The molecule has 0 atom stereocenters. The van der Waals surface area contributed by atoms with Crippen LogP contribution in [0.25, 0.3) is 10.9 Å². The third-order valence-electron chi connectivity index (χ3n) is 3.32. The van der Waals surface area contributed by atoms with Crippen molar-refractivity contribution in [3.05, 3.63) is 29.4 Å². The molecule has 1 aliphatic heterocycles. The van der Waals surface area contributed by atoms with Crippen LogP contribution in [0.1, 0.15) is 19.8 Å². The standard InChI is InChI=1S/C13H13ClN2O2S/c1-2-3-8-16-13-9(14)4-5-10-12(13)11(6-7-15-10)19(16,17)18/h4-7H,2-3,8H2,1H3. The Morgan fingerprint density at radius 2 is 2.11 bits per heavy atom. The number of aromatic nitrogens is 1. The Bertz CT molecular complexity index is 759. The normalized spacial score (nSPS) is 16.2. The zero-order valence-electron chi connectivity index (χ0n) is 10.4. The number of hydrogen-bond acceptors (Lipinski definition) is 3. The van der Waals surface area contributed by atoms with E-state index in [4.69, 9.17) is 11.6 Å². The second-order valence-corrected chi connectivity index (χ2v) is 6.77. The van der Waals surface area contributed by atoms with Crippen LogP contribution in [0.4, 0.5) is 5.69 Å². The molecule has 0 fully saturated rings. The highest BCUT2D eigenvalue weighted by Crippen LogP contribution is 2.45. The van der Waals surface area contributed by atoms with E-state index in [1.54, 1.807) is 18.2 Å². The van der Waals surface area contributed by atoms with Gasteiger partial charge in [-0.25, -0.2) is 8.42 Å². The van der Waals surface area contributed by atoms with Gasteiger partial charge >= 0.3 is 0 Å². The molecule has 2 heterocycles. The first-order chi connectivity index (χ1) is 9.07. The van der Waals surface area contributed by atoms with Crippen molar-refractivity contribution in [3.8, 4) is 0 Å². The number of sulfonamides is 1. The quantitative estimate of drug-likeness (QED) is 0.874. The summed E-state index contributed by atoms with van der Waals surface area (Å²) in [7, 11) is -3.48. The maximum Gasteiger partial charge on any atom is 0.265 e. The van der Waals surface area contributed by atoms with Crippen molar-refractivity contribution < 1.29 is 8.42 Å². The number of rotatable bonds is 3. The number of nitrogens with zero attached hydrogens (tertiary/aromatic N) is 2. The molecule has 0 spiro atoms. The van der Waals surface area contributed by atoms with Gasteiger partial charge in [0.25, 0.3) is 10.0 Å². The lowest BCUT2D eigenvalue weighted by atomic mass is 10.1. The van der Waals surface area contributed by atoms with E-state index < -0.39 is 10.0 Å². The Morgan fingerprint density at radius 1 is 1.32 bits per heavy atom. The van der Waals surface area contributed by atoms with Crippen LogP contribution in [0.15, 0.2) is 29.3 Å². The van der Waals surface area contributed by atoms with Crippen LogP contribution in [0, 0.1) is 0 Å². The molecule has 0 radical (unpaired) electrons. The average molecular weight is 297 g/mol. The van der Waals surface area contributed by atoms with Crippen molar-refractivity contribution in [2.24, 2.45) is 0 Å². The van der Waals surface area contributed by atoms with Crippen LogP contribution in [-0.2, 0) is 10.0 Å². The van der Waals surface area contributed by atoms with Gasteiger partial charge in [-0.2, -0.15) is 0 Å². The Morgan fingerprint density at radius 3 is 2.84 bits per heavy atom. The first-order valence-electron chi connectivity index (χ1n) is 6.17. The minimum absolute atomic E-state index is 0.311. The number of benzene rings is 1. The van der Waals surface area contributed by atoms with Crippen molar-refractivity contribution in [3.63, 3.8) is 0 Å². The summed E-state index contributed by atoms with van der Waals surface area (Å²) < 4.78 is 26.5. The lowest BCUT2D eigenvalue weighted by molar-refractivity contribution is 0.592. The molecule has 1 aliphatic rings. The highest BCUT2D eigenvalue weighted by Gasteiger charge is 2.37. The Balaban J connectivity index is 2.33. The van der Waals surface area contributed by atoms with E-state index in [9.17, 15) is 8.42 Å². The molecular formula is C13H13ClN2O2S. The minimum Gasteiger partial charge on any atom is -0.264 e. The van der Waals surface area contributed by atoms with Crippen molar-refractivity contribution in [1.29, 1.82) is 0 Å². The predicted molar refractivity (Wildman–Crippen MR) is 76.2 cm³/mol. The first-order valence-corrected chi connectivity index (χ1v) is 7.99. The molecule has 0 saturated carbocycles. The largest absolute Gasteiger partial charge is 0.265 e. The molecule has 0 aliphatic carbocycles. The van der Waals surface area contributed by atoms with Gasteiger partial charge in [-0.15, -0.1) is 0 Å². The Kier molecular flexibility index (Phi) is 2.91. The van der Waals surface area contributed by atoms with Crippen LogP contribution in [0.3, 0.4) is 0 Å². The number of pyridine rings is 1. The van der Waals surface area contributed by atoms with Crippen LogP contribution in [0.2, 0.25) is 5.02 Å². The molecular weight excluding hydrogens is 284 g/mol. The maximum absolute atomic E-state index is 12.6. The summed E-state index contributed by atoms with van der Waals surface area (Å²) in [4.78, 5) is 4.53. The lowest BCUT2D eigenvalue weighted by Gasteiger charge is -2.19. The zero-order chi connectivity index (χ0) is 13.6. The predicted octanol–water partition coefficient (Wildman–Crippen LogP) is 3.20. The minimum atomic E-state index is -3.48. The van der Waals surface area contributed by atoms with Gasteiger partial charge < -0.3 is 0 Å². The molecule has 0 unspecified atom stereocenters. The Labute approximate surface area is 117 Å². The van der Waals surface area contributed by atoms with E-state index in [1.807, 2.05) is 6.92 Å². The van der Waals surface area contributed by atoms with Crippen molar-refractivity contribution >= 4 is 38.2 Å².